The molecule has 2 aromatic rings. The zero-order chi connectivity index (χ0) is 16.7. The summed E-state index contributed by atoms with van der Waals surface area (Å²) in [5, 5.41) is 12.1. The maximum absolute atomic E-state index is 11.2. The SMILES string of the molecule is C=C[C@@H]1CN2CCC1C[C@@H]2C(O)c1ccnc2ccc(OC)cc12.[Al].[H-].[H-].[Mg+2]. The number of pyridine rings is 1. The molecule has 0 saturated carbocycles. The van der Waals surface area contributed by atoms with E-state index in [1.54, 1.807) is 13.3 Å². The monoisotopic (exact) mass is 377 g/mol. The van der Waals surface area contributed by atoms with E-state index in [1.807, 2.05) is 24.3 Å². The number of hydrogen-bond acceptors (Lipinski definition) is 4. The van der Waals surface area contributed by atoms with Crippen LogP contribution in [0.1, 0.15) is 27.4 Å². The van der Waals surface area contributed by atoms with Crippen LogP contribution in [0.4, 0.5) is 0 Å². The molecule has 26 heavy (non-hydrogen) atoms. The van der Waals surface area contributed by atoms with E-state index in [0.717, 1.165) is 41.7 Å². The molecule has 0 amide bonds. The van der Waals surface area contributed by atoms with E-state index in [2.05, 4.69) is 22.5 Å². The smallest absolute Gasteiger partial charge is 1.00 e. The average Bonchev–Trinajstić information content (AvgIpc) is 2.66. The molecular weight excluding hydrogens is 352 g/mol. The minimum absolute atomic E-state index is 0. The molecule has 1 aromatic carbocycles. The van der Waals surface area contributed by atoms with Gasteiger partial charge in [-0.2, -0.15) is 0 Å². The van der Waals surface area contributed by atoms with Crippen molar-refractivity contribution in [1.82, 2.24) is 9.88 Å². The molecule has 4 heterocycles. The van der Waals surface area contributed by atoms with Gasteiger partial charge >= 0.3 is 23.1 Å². The Labute approximate surface area is 184 Å². The molecule has 3 saturated heterocycles. The number of ether oxygens (including phenoxy) is 1. The molecule has 0 aliphatic carbocycles. The molecule has 3 radical (unpaired) electrons. The fraction of sp³-hybridized carbons (Fsp3) is 0.450. The number of fused-ring (bicyclic) bond motifs is 4. The van der Waals surface area contributed by atoms with Crippen LogP contribution in [0.25, 0.3) is 10.9 Å². The first-order valence-corrected chi connectivity index (χ1v) is 8.68. The van der Waals surface area contributed by atoms with E-state index in [-0.39, 0.29) is 49.3 Å². The van der Waals surface area contributed by atoms with Gasteiger partial charge in [0.15, 0.2) is 0 Å². The Bertz CT molecular complexity index is 783. The Kier molecular flexibility index (Phi) is 7.55. The van der Waals surface area contributed by atoms with Gasteiger partial charge in [0.1, 0.15) is 5.75 Å². The van der Waals surface area contributed by atoms with Gasteiger partial charge in [-0.1, -0.05) is 6.08 Å². The van der Waals surface area contributed by atoms with Crippen molar-refractivity contribution in [3.63, 3.8) is 0 Å². The third-order valence-corrected chi connectivity index (χ3v) is 5.82. The number of methoxy groups -OCH3 is 1. The van der Waals surface area contributed by atoms with Gasteiger partial charge in [-0.15, -0.1) is 6.58 Å². The maximum atomic E-state index is 11.2. The van der Waals surface area contributed by atoms with Crippen molar-refractivity contribution in [1.29, 1.82) is 0 Å². The summed E-state index contributed by atoms with van der Waals surface area (Å²) in [5.41, 5.74) is 1.85. The van der Waals surface area contributed by atoms with Crippen LogP contribution in [-0.4, -0.2) is 81.6 Å². The molecule has 3 aliphatic rings. The van der Waals surface area contributed by atoms with Crippen LogP contribution >= 0.6 is 0 Å². The predicted octanol–water partition coefficient (Wildman–Crippen LogP) is 2.64. The van der Waals surface area contributed by atoms with Crippen LogP contribution in [-0.2, 0) is 0 Å². The summed E-state index contributed by atoms with van der Waals surface area (Å²) in [5.74, 6) is 2.01. The van der Waals surface area contributed by atoms with Crippen LogP contribution in [0.3, 0.4) is 0 Å². The first kappa shape index (κ1) is 21.7. The van der Waals surface area contributed by atoms with E-state index in [4.69, 9.17) is 4.74 Å². The molecule has 1 N–H and O–H groups in total. The first-order chi connectivity index (χ1) is 11.7. The molecule has 6 heteroatoms. The normalized spacial score (nSPS) is 27.9. The zero-order valence-electron chi connectivity index (χ0n) is 17.3. The van der Waals surface area contributed by atoms with Gasteiger partial charge in [0.05, 0.1) is 18.7 Å². The number of aliphatic hydroxyl groups is 1. The van der Waals surface area contributed by atoms with Crippen LogP contribution in [0.2, 0.25) is 0 Å². The van der Waals surface area contributed by atoms with Crippen LogP contribution in [0.15, 0.2) is 43.1 Å². The van der Waals surface area contributed by atoms with Gasteiger partial charge in [0, 0.05) is 41.5 Å². The Morgan fingerprint density at radius 3 is 2.88 bits per heavy atom. The number of aliphatic hydroxyl groups excluding tert-OH is 1. The molecule has 133 valence electrons. The van der Waals surface area contributed by atoms with Crippen molar-refractivity contribution in [3.05, 3.63) is 48.7 Å². The van der Waals surface area contributed by atoms with E-state index >= 15 is 0 Å². The molecule has 0 spiro atoms. The minimum Gasteiger partial charge on any atom is -1.00 e. The topological polar surface area (TPSA) is 45.6 Å². The largest absolute Gasteiger partial charge is 2.00 e. The van der Waals surface area contributed by atoms with Crippen molar-refractivity contribution >= 4 is 51.3 Å². The molecule has 3 fully saturated rings. The van der Waals surface area contributed by atoms with Gasteiger partial charge < -0.3 is 12.7 Å². The molecule has 4 nitrogen and oxygen atoms in total. The van der Waals surface area contributed by atoms with E-state index in [0.29, 0.717) is 11.8 Å². The van der Waals surface area contributed by atoms with Crippen LogP contribution in [0, 0.1) is 11.8 Å². The first-order valence-electron chi connectivity index (χ1n) is 8.68. The van der Waals surface area contributed by atoms with E-state index in [1.165, 1.54) is 6.42 Å². The standard InChI is InChI=1S/C20H24N2O2.Al.Mg.2H/c1-3-13-12-22-9-7-14(13)10-19(22)20(23)16-6-8-21-18-5-4-15(24-2)11-17(16)18;;;;/h3-6,8,11,13-14,19-20,23H,1,7,9-10,12H2,2H3;;;;/q;;+2;2*-1/t13-,14?,19-,20?;;;;/m1..../s1. The molecule has 1 aromatic heterocycles. The summed E-state index contributed by atoms with van der Waals surface area (Å²) >= 11 is 0. The second kappa shape index (κ2) is 9.05. The number of benzene rings is 1. The molecular formula is C20H26AlMgN2O2. The van der Waals surface area contributed by atoms with E-state index < -0.39 is 6.10 Å². The molecule has 3 aliphatic heterocycles. The Morgan fingerprint density at radius 1 is 1.42 bits per heavy atom. The Balaban J connectivity index is 0.00000182. The molecule has 2 bridgehead atoms. The predicted molar refractivity (Wildman–Crippen MR) is 109 cm³/mol. The van der Waals surface area contributed by atoms with Gasteiger partial charge in [-0.05, 0) is 61.1 Å². The number of aromatic nitrogens is 1. The third-order valence-electron chi connectivity index (χ3n) is 5.82. The second-order valence-corrected chi connectivity index (χ2v) is 6.97. The summed E-state index contributed by atoms with van der Waals surface area (Å²) in [7, 11) is 1.66. The summed E-state index contributed by atoms with van der Waals surface area (Å²) in [4.78, 5) is 6.86. The quantitative estimate of drug-likeness (QED) is 0.657. The number of rotatable bonds is 4. The van der Waals surface area contributed by atoms with Crippen molar-refractivity contribution in [2.75, 3.05) is 20.2 Å². The fourth-order valence-electron chi connectivity index (χ4n) is 4.44. The number of hydrogen-bond donors (Lipinski definition) is 1. The molecule has 5 rings (SSSR count). The fourth-order valence-corrected chi connectivity index (χ4v) is 4.44. The van der Waals surface area contributed by atoms with Gasteiger partial charge in [-0.25, -0.2) is 0 Å². The number of piperidine rings is 3. The van der Waals surface area contributed by atoms with Gasteiger partial charge in [0.25, 0.3) is 0 Å². The summed E-state index contributed by atoms with van der Waals surface area (Å²) in [6.45, 7) is 6.07. The maximum Gasteiger partial charge on any atom is 2.00 e. The van der Waals surface area contributed by atoms with Crippen LogP contribution < -0.4 is 4.74 Å². The van der Waals surface area contributed by atoms with Gasteiger partial charge in [-0.3, -0.25) is 9.88 Å². The Morgan fingerprint density at radius 2 is 2.23 bits per heavy atom. The summed E-state index contributed by atoms with van der Waals surface area (Å²) in [6.07, 6.45) is 5.62. The summed E-state index contributed by atoms with van der Waals surface area (Å²) < 4.78 is 5.35. The van der Waals surface area contributed by atoms with Crippen molar-refractivity contribution < 1.29 is 12.7 Å². The molecule has 5 atom stereocenters. The molecule has 3 unspecified atom stereocenters. The number of nitrogens with zero attached hydrogens (tertiary/aromatic N) is 2. The van der Waals surface area contributed by atoms with Crippen molar-refractivity contribution in [2.24, 2.45) is 11.8 Å². The van der Waals surface area contributed by atoms with Crippen molar-refractivity contribution in [2.45, 2.75) is 25.0 Å². The zero-order valence-corrected chi connectivity index (χ0v) is 17.9. The average molecular weight is 378 g/mol. The third kappa shape index (κ3) is 3.82. The summed E-state index contributed by atoms with van der Waals surface area (Å²) in [6, 6.07) is 7.96. The van der Waals surface area contributed by atoms with Gasteiger partial charge in [0.2, 0.25) is 0 Å². The van der Waals surface area contributed by atoms with Crippen molar-refractivity contribution in [3.8, 4) is 5.75 Å². The minimum atomic E-state index is -0.504. The van der Waals surface area contributed by atoms with E-state index in [9.17, 15) is 5.11 Å². The Hall–Kier alpha value is -0.611. The second-order valence-electron chi connectivity index (χ2n) is 6.97. The van der Waals surface area contributed by atoms with Crippen LogP contribution in [0.5, 0.6) is 5.75 Å².